The number of rotatable bonds is 2. The van der Waals surface area contributed by atoms with E-state index in [1.807, 2.05) is 0 Å². The summed E-state index contributed by atoms with van der Waals surface area (Å²) in [6, 6.07) is 7.81. The average Bonchev–Trinajstić information content (AvgIpc) is 3.12. The summed E-state index contributed by atoms with van der Waals surface area (Å²) >= 11 is 0. The number of hydrogen-bond donors (Lipinski definition) is 1. The summed E-state index contributed by atoms with van der Waals surface area (Å²) in [6.45, 7) is 7.20. The van der Waals surface area contributed by atoms with Gasteiger partial charge in [-0.1, -0.05) is 19.9 Å². The molecule has 2 atom stereocenters. The second-order valence-corrected chi connectivity index (χ2v) is 7.26. The fourth-order valence-corrected chi connectivity index (χ4v) is 4.36. The number of nitrogens with zero attached hydrogens (tertiary/aromatic N) is 1. The summed E-state index contributed by atoms with van der Waals surface area (Å²) in [5, 5.41) is 1.47. The molecular formula is C19H28N2. The Kier molecular flexibility index (Phi) is 3.30. The highest BCUT2D eigenvalue weighted by Gasteiger charge is 2.33. The number of aromatic amines is 1. The van der Waals surface area contributed by atoms with Crippen LogP contribution in [0.15, 0.2) is 24.4 Å². The second-order valence-electron chi connectivity index (χ2n) is 7.26. The number of piperidine rings is 1. The number of fused-ring (bicyclic) bond motifs is 2. The Morgan fingerprint density at radius 2 is 2.14 bits per heavy atom. The Bertz CT molecular complexity index is 646. The van der Waals surface area contributed by atoms with E-state index in [9.17, 15) is 0 Å². The van der Waals surface area contributed by atoms with Crippen molar-refractivity contribution < 1.29 is 1.43 Å². The Morgan fingerprint density at radius 1 is 1.24 bits per heavy atom. The lowest BCUT2D eigenvalue weighted by Gasteiger charge is -2.34. The molecule has 2 nitrogen and oxygen atoms in total. The van der Waals surface area contributed by atoms with Crippen LogP contribution in [0.1, 0.15) is 63.9 Å². The van der Waals surface area contributed by atoms with Gasteiger partial charge in [-0.25, -0.2) is 0 Å². The summed E-state index contributed by atoms with van der Waals surface area (Å²) in [4.78, 5) is 6.21. The molecular weight excluding hydrogens is 256 g/mol. The van der Waals surface area contributed by atoms with Crippen LogP contribution in [0, 0.1) is 0 Å². The van der Waals surface area contributed by atoms with Crippen LogP contribution in [0.5, 0.6) is 0 Å². The van der Waals surface area contributed by atoms with Crippen molar-refractivity contribution >= 4 is 10.9 Å². The lowest BCUT2D eigenvalue weighted by Crippen LogP contribution is -2.37. The normalized spacial score (nSPS) is 26.6. The van der Waals surface area contributed by atoms with E-state index in [4.69, 9.17) is 0 Å². The minimum Gasteiger partial charge on any atom is -0.361 e. The van der Waals surface area contributed by atoms with Crippen molar-refractivity contribution in [2.45, 2.75) is 57.4 Å². The van der Waals surface area contributed by atoms with E-state index in [1.165, 1.54) is 55.2 Å². The molecule has 0 spiro atoms. The topological polar surface area (TPSA) is 19.0 Å². The number of nitrogens with one attached hydrogen (secondary N) is 1. The molecule has 2 aromatic rings. The second kappa shape index (κ2) is 5.17. The summed E-state index contributed by atoms with van der Waals surface area (Å²) in [5.41, 5.74) is 4.34. The van der Waals surface area contributed by atoms with Crippen LogP contribution in [-0.2, 0) is 0 Å². The highest BCUT2D eigenvalue weighted by Crippen LogP contribution is 2.39. The van der Waals surface area contributed by atoms with Crippen molar-refractivity contribution in [3.8, 4) is 0 Å². The molecule has 0 bridgehead atoms. The maximum absolute atomic E-state index is 3.50. The molecule has 0 amide bonds. The Balaban J connectivity index is 0.00000144. The minimum absolute atomic E-state index is 0. The molecule has 2 aliphatic heterocycles. The Labute approximate surface area is 129 Å². The standard InChI is InChI=1S/C19H26N2.H2/c1-13(2)14-5-6-19-17(11-14)18(12-20-19)15-7-9-21-8-3-4-16(21)10-15;/h5-6,11-13,15-16,20H,3-4,7-10H2,1-2H3;1H. The smallest absolute Gasteiger partial charge is 0.0457 e. The molecule has 1 aromatic carbocycles. The first-order valence-corrected chi connectivity index (χ1v) is 8.57. The number of H-pyrrole nitrogens is 1. The molecule has 2 heteroatoms. The summed E-state index contributed by atoms with van der Waals surface area (Å²) in [7, 11) is 0. The van der Waals surface area contributed by atoms with Gasteiger partial charge in [-0.2, -0.15) is 0 Å². The predicted molar refractivity (Wildman–Crippen MR) is 91.1 cm³/mol. The molecule has 3 heterocycles. The first kappa shape index (κ1) is 13.4. The van der Waals surface area contributed by atoms with Gasteiger partial charge in [0.2, 0.25) is 0 Å². The van der Waals surface area contributed by atoms with Gasteiger partial charge in [0.15, 0.2) is 0 Å². The van der Waals surface area contributed by atoms with Gasteiger partial charge in [0.1, 0.15) is 0 Å². The molecule has 1 aromatic heterocycles. The third-order valence-corrected chi connectivity index (χ3v) is 5.66. The van der Waals surface area contributed by atoms with Crippen molar-refractivity contribution in [3.05, 3.63) is 35.5 Å². The molecule has 0 saturated carbocycles. The van der Waals surface area contributed by atoms with E-state index in [2.05, 4.69) is 48.1 Å². The number of aromatic nitrogens is 1. The van der Waals surface area contributed by atoms with Crippen molar-refractivity contribution in [3.63, 3.8) is 0 Å². The van der Waals surface area contributed by atoms with Gasteiger partial charge in [-0.05, 0) is 73.9 Å². The van der Waals surface area contributed by atoms with E-state index in [1.54, 1.807) is 5.56 Å². The Hall–Kier alpha value is -1.28. The van der Waals surface area contributed by atoms with Crippen molar-refractivity contribution in [1.82, 2.24) is 9.88 Å². The van der Waals surface area contributed by atoms with E-state index in [0.717, 1.165) is 12.0 Å². The van der Waals surface area contributed by atoms with E-state index in [-0.39, 0.29) is 1.43 Å². The quantitative estimate of drug-likeness (QED) is 0.832. The zero-order chi connectivity index (χ0) is 14.4. The van der Waals surface area contributed by atoms with Crippen LogP contribution in [0.3, 0.4) is 0 Å². The van der Waals surface area contributed by atoms with Crippen LogP contribution >= 0.6 is 0 Å². The van der Waals surface area contributed by atoms with E-state index in [0.29, 0.717) is 5.92 Å². The van der Waals surface area contributed by atoms with Crippen LogP contribution < -0.4 is 0 Å². The fourth-order valence-electron chi connectivity index (χ4n) is 4.36. The van der Waals surface area contributed by atoms with E-state index < -0.39 is 0 Å². The number of benzene rings is 1. The summed E-state index contributed by atoms with van der Waals surface area (Å²) in [6.07, 6.45) is 7.79. The average molecular weight is 284 g/mol. The van der Waals surface area contributed by atoms with Crippen molar-refractivity contribution in [1.29, 1.82) is 0 Å². The highest BCUT2D eigenvalue weighted by molar-refractivity contribution is 5.84. The van der Waals surface area contributed by atoms with Gasteiger partial charge in [0.25, 0.3) is 0 Å². The minimum atomic E-state index is 0. The molecule has 1 N–H and O–H groups in total. The van der Waals surface area contributed by atoms with Crippen LogP contribution in [0.4, 0.5) is 0 Å². The van der Waals surface area contributed by atoms with Gasteiger partial charge in [0, 0.05) is 24.6 Å². The first-order chi connectivity index (χ1) is 10.2. The molecule has 0 aliphatic carbocycles. The third-order valence-electron chi connectivity index (χ3n) is 5.66. The molecule has 4 rings (SSSR count). The van der Waals surface area contributed by atoms with Crippen molar-refractivity contribution in [2.75, 3.05) is 13.1 Å². The molecule has 2 unspecified atom stereocenters. The van der Waals surface area contributed by atoms with E-state index >= 15 is 0 Å². The van der Waals surface area contributed by atoms with Crippen molar-refractivity contribution in [2.24, 2.45) is 0 Å². The summed E-state index contributed by atoms with van der Waals surface area (Å²) in [5.74, 6) is 1.36. The first-order valence-electron chi connectivity index (χ1n) is 8.57. The van der Waals surface area contributed by atoms with Crippen LogP contribution in [-0.4, -0.2) is 29.0 Å². The molecule has 114 valence electrons. The monoisotopic (exact) mass is 284 g/mol. The molecule has 2 saturated heterocycles. The maximum Gasteiger partial charge on any atom is 0.0457 e. The van der Waals surface area contributed by atoms with Gasteiger partial charge in [-0.15, -0.1) is 0 Å². The summed E-state index contributed by atoms with van der Waals surface area (Å²) < 4.78 is 0. The molecule has 2 fully saturated rings. The lowest BCUT2D eigenvalue weighted by molar-refractivity contribution is 0.181. The molecule has 2 aliphatic rings. The van der Waals surface area contributed by atoms with Gasteiger partial charge < -0.3 is 9.88 Å². The van der Waals surface area contributed by atoms with Gasteiger partial charge >= 0.3 is 0 Å². The Morgan fingerprint density at radius 3 is 3.00 bits per heavy atom. The fraction of sp³-hybridized carbons (Fsp3) is 0.579. The zero-order valence-electron chi connectivity index (χ0n) is 13.2. The lowest BCUT2D eigenvalue weighted by atomic mass is 9.85. The number of hydrogen-bond acceptors (Lipinski definition) is 1. The molecule has 0 radical (unpaired) electrons. The largest absolute Gasteiger partial charge is 0.361 e. The van der Waals surface area contributed by atoms with Crippen LogP contribution in [0.25, 0.3) is 10.9 Å². The maximum atomic E-state index is 3.50. The highest BCUT2D eigenvalue weighted by atomic mass is 15.2. The van der Waals surface area contributed by atoms with Gasteiger partial charge in [0.05, 0.1) is 0 Å². The third kappa shape index (κ3) is 2.30. The van der Waals surface area contributed by atoms with Crippen LogP contribution in [0.2, 0.25) is 0 Å². The SMILES string of the molecule is CC(C)c1ccc2[nH]cc(C3CCN4CCCC4C3)c2c1.[HH]. The predicted octanol–water partition coefficient (Wildman–Crippen LogP) is 4.88. The molecule has 21 heavy (non-hydrogen) atoms. The zero-order valence-corrected chi connectivity index (χ0v) is 13.2. The van der Waals surface area contributed by atoms with Gasteiger partial charge in [-0.3, -0.25) is 0 Å².